The van der Waals surface area contributed by atoms with E-state index < -0.39 is 0 Å². The molecule has 0 spiro atoms. The van der Waals surface area contributed by atoms with Crippen molar-refractivity contribution < 1.29 is 14.7 Å². The summed E-state index contributed by atoms with van der Waals surface area (Å²) in [6.45, 7) is 2.51. The molecular weight excluding hydrogens is 346 g/mol. The highest BCUT2D eigenvalue weighted by atomic mass is 16.3. The van der Waals surface area contributed by atoms with E-state index in [9.17, 15) is 14.7 Å². The van der Waals surface area contributed by atoms with Gasteiger partial charge in [-0.1, -0.05) is 12.1 Å². The van der Waals surface area contributed by atoms with Crippen LogP contribution < -0.4 is 10.6 Å². The van der Waals surface area contributed by atoms with Crippen LogP contribution in [0.1, 0.15) is 29.6 Å². The number of piperidine rings is 1. The van der Waals surface area contributed by atoms with Crippen LogP contribution >= 0.6 is 0 Å². The normalized spacial score (nSPS) is 14.7. The number of aromatic nitrogens is 2. The first-order valence-electron chi connectivity index (χ1n) is 9.21. The Morgan fingerprint density at radius 2 is 2.00 bits per heavy atom. The van der Waals surface area contributed by atoms with Crippen LogP contribution in [0, 0.1) is 0 Å². The van der Waals surface area contributed by atoms with Crippen LogP contribution in [0.3, 0.4) is 0 Å². The van der Waals surface area contributed by atoms with Gasteiger partial charge in [0.25, 0.3) is 5.91 Å². The van der Waals surface area contributed by atoms with Crippen LogP contribution in [0.25, 0.3) is 0 Å². The van der Waals surface area contributed by atoms with E-state index in [1.54, 1.807) is 35.6 Å². The lowest BCUT2D eigenvalue weighted by Crippen LogP contribution is -2.49. The van der Waals surface area contributed by atoms with Crippen molar-refractivity contribution in [3.05, 3.63) is 48.5 Å². The number of likely N-dealkylation sites (tertiary alicyclic amines) is 1. The Kier molecular flexibility index (Phi) is 6.30. The Balaban J connectivity index is 1.36. The van der Waals surface area contributed by atoms with Crippen molar-refractivity contribution in [3.63, 3.8) is 0 Å². The van der Waals surface area contributed by atoms with E-state index in [1.807, 2.05) is 10.8 Å². The number of nitrogens with zero attached hydrogens (tertiary/aromatic N) is 3. The summed E-state index contributed by atoms with van der Waals surface area (Å²) >= 11 is 0. The van der Waals surface area contributed by atoms with Gasteiger partial charge in [0.15, 0.2) is 0 Å². The van der Waals surface area contributed by atoms with Crippen LogP contribution in [0.15, 0.2) is 43.0 Å². The average molecular weight is 371 g/mol. The summed E-state index contributed by atoms with van der Waals surface area (Å²) in [5, 5.41) is 15.7. The topological polar surface area (TPSA) is 99.5 Å². The number of urea groups is 1. The molecule has 8 heteroatoms. The molecule has 1 aromatic heterocycles. The maximum absolute atomic E-state index is 12.5. The van der Waals surface area contributed by atoms with Gasteiger partial charge in [0.1, 0.15) is 5.75 Å². The number of amides is 3. The largest absolute Gasteiger partial charge is 0.507 e. The SMILES string of the molecule is O=C(NCCCn1ccnc1)NC1CCN(C(=O)c2ccccc2O)CC1. The minimum atomic E-state index is -0.175. The van der Waals surface area contributed by atoms with E-state index in [1.165, 1.54) is 6.07 Å². The van der Waals surface area contributed by atoms with Gasteiger partial charge >= 0.3 is 6.03 Å². The van der Waals surface area contributed by atoms with Gasteiger partial charge in [-0.25, -0.2) is 9.78 Å². The number of para-hydroxylation sites is 1. The standard InChI is InChI=1S/C19H25N5O3/c25-17-5-2-1-4-16(17)18(26)24-11-6-15(7-12-24)22-19(27)21-8-3-10-23-13-9-20-14-23/h1-2,4-5,9,13-15,25H,3,6-8,10-12H2,(H2,21,22,27). The van der Waals surface area contributed by atoms with E-state index in [0.717, 1.165) is 13.0 Å². The molecule has 3 amide bonds. The van der Waals surface area contributed by atoms with Crippen LogP contribution in [0.2, 0.25) is 0 Å². The average Bonchev–Trinajstić information content (AvgIpc) is 3.19. The monoisotopic (exact) mass is 371 g/mol. The number of nitrogens with one attached hydrogen (secondary N) is 2. The van der Waals surface area contributed by atoms with Gasteiger partial charge in [-0.05, 0) is 31.4 Å². The zero-order chi connectivity index (χ0) is 19.1. The van der Waals surface area contributed by atoms with E-state index in [2.05, 4.69) is 15.6 Å². The third-order valence-corrected chi connectivity index (χ3v) is 4.69. The first kappa shape index (κ1) is 18.8. The molecule has 3 rings (SSSR count). The highest BCUT2D eigenvalue weighted by molar-refractivity contribution is 5.96. The third-order valence-electron chi connectivity index (χ3n) is 4.69. The number of benzene rings is 1. The van der Waals surface area contributed by atoms with E-state index in [4.69, 9.17) is 0 Å². The molecule has 1 aromatic carbocycles. The number of hydrogen-bond acceptors (Lipinski definition) is 4. The summed E-state index contributed by atoms with van der Waals surface area (Å²) in [7, 11) is 0. The van der Waals surface area contributed by atoms with Crippen molar-refractivity contribution in [2.75, 3.05) is 19.6 Å². The molecule has 1 saturated heterocycles. The van der Waals surface area contributed by atoms with Crippen molar-refractivity contribution in [3.8, 4) is 5.75 Å². The molecule has 1 fully saturated rings. The van der Waals surface area contributed by atoms with Crippen LogP contribution in [-0.4, -0.2) is 57.2 Å². The van der Waals surface area contributed by atoms with Gasteiger partial charge < -0.3 is 25.2 Å². The number of hydrogen-bond donors (Lipinski definition) is 3. The lowest BCUT2D eigenvalue weighted by molar-refractivity contribution is 0.0705. The predicted molar refractivity (Wildman–Crippen MR) is 100 cm³/mol. The number of carbonyl (C=O) groups excluding carboxylic acids is 2. The fraction of sp³-hybridized carbons (Fsp3) is 0.421. The predicted octanol–water partition coefficient (Wildman–Crippen LogP) is 1.58. The van der Waals surface area contributed by atoms with Crippen molar-refractivity contribution in [1.29, 1.82) is 0 Å². The van der Waals surface area contributed by atoms with Crippen molar-refractivity contribution in [2.24, 2.45) is 0 Å². The lowest BCUT2D eigenvalue weighted by atomic mass is 10.0. The molecule has 1 aliphatic rings. The Morgan fingerprint density at radius 1 is 1.22 bits per heavy atom. The molecule has 144 valence electrons. The molecule has 1 aliphatic heterocycles. The second kappa shape index (κ2) is 9.07. The quantitative estimate of drug-likeness (QED) is 0.671. The maximum atomic E-state index is 12.5. The van der Waals surface area contributed by atoms with Crippen molar-refractivity contribution in [2.45, 2.75) is 31.8 Å². The molecule has 0 saturated carbocycles. The number of imidazole rings is 1. The van der Waals surface area contributed by atoms with Crippen molar-refractivity contribution in [1.82, 2.24) is 25.1 Å². The number of phenols is 1. The van der Waals surface area contributed by atoms with Gasteiger partial charge in [-0.2, -0.15) is 0 Å². The number of carbonyl (C=O) groups is 2. The summed E-state index contributed by atoms with van der Waals surface area (Å²) in [6.07, 6.45) is 7.60. The highest BCUT2D eigenvalue weighted by Gasteiger charge is 2.25. The summed E-state index contributed by atoms with van der Waals surface area (Å²) < 4.78 is 1.97. The zero-order valence-corrected chi connectivity index (χ0v) is 15.2. The smallest absolute Gasteiger partial charge is 0.315 e. The fourth-order valence-corrected chi connectivity index (χ4v) is 3.17. The Labute approximate surface area is 158 Å². The minimum absolute atomic E-state index is 0.00202. The fourth-order valence-electron chi connectivity index (χ4n) is 3.17. The molecule has 0 aliphatic carbocycles. The van der Waals surface area contributed by atoms with E-state index >= 15 is 0 Å². The van der Waals surface area contributed by atoms with E-state index in [0.29, 0.717) is 38.0 Å². The van der Waals surface area contributed by atoms with Crippen LogP contribution in [0.5, 0.6) is 5.75 Å². The molecule has 2 aromatic rings. The molecule has 0 bridgehead atoms. The highest BCUT2D eigenvalue weighted by Crippen LogP contribution is 2.20. The van der Waals surface area contributed by atoms with Gasteiger partial charge in [0.2, 0.25) is 0 Å². The van der Waals surface area contributed by atoms with Gasteiger partial charge in [-0.15, -0.1) is 0 Å². The first-order chi connectivity index (χ1) is 13.1. The zero-order valence-electron chi connectivity index (χ0n) is 15.2. The first-order valence-corrected chi connectivity index (χ1v) is 9.21. The Morgan fingerprint density at radius 3 is 2.70 bits per heavy atom. The lowest BCUT2D eigenvalue weighted by Gasteiger charge is -2.32. The number of aryl methyl sites for hydroxylation is 1. The second-order valence-corrected chi connectivity index (χ2v) is 6.64. The number of phenolic OH excluding ortho intramolecular Hbond substituents is 1. The molecule has 0 radical (unpaired) electrons. The summed E-state index contributed by atoms with van der Waals surface area (Å²) in [5.41, 5.74) is 0.319. The second-order valence-electron chi connectivity index (χ2n) is 6.64. The molecule has 3 N–H and O–H groups in total. The third kappa shape index (κ3) is 5.22. The Hall–Kier alpha value is -3.03. The van der Waals surface area contributed by atoms with Crippen LogP contribution in [-0.2, 0) is 6.54 Å². The Bertz CT molecular complexity index is 754. The summed E-state index contributed by atoms with van der Waals surface area (Å²) in [6, 6.07) is 6.44. The molecule has 0 unspecified atom stereocenters. The van der Waals surface area contributed by atoms with E-state index in [-0.39, 0.29) is 23.7 Å². The van der Waals surface area contributed by atoms with Crippen LogP contribution in [0.4, 0.5) is 4.79 Å². The maximum Gasteiger partial charge on any atom is 0.315 e. The minimum Gasteiger partial charge on any atom is -0.507 e. The molecule has 2 heterocycles. The van der Waals surface area contributed by atoms with Gasteiger partial charge in [0.05, 0.1) is 11.9 Å². The number of aromatic hydroxyl groups is 1. The number of rotatable bonds is 6. The van der Waals surface area contributed by atoms with Gasteiger partial charge in [0, 0.05) is 44.6 Å². The van der Waals surface area contributed by atoms with Gasteiger partial charge in [-0.3, -0.25) is 4.79 Å². The molecular formula is C19H25N5O3. The summed E-state index contributed by atoms with van der Waals surface area (Å²) in [5.74, 6) is -0.173. The molecule has 8 nitrogen and oxygen atoms in total. The molecule has 0 atom stereocenters. The summed E-state index contributed by atoms with van der Waals surface area (Å²) in [4.78, 5) is 30.2. The van der Waals surface area contributed by atoms with Crippen molar-refractivity contribution >= 4 is 11.9 Å². The molecule has 27 heavy (non-hydrogen) atoms.